The number of esters is 1. The largest absolute Gasteiger partial charge is 0.465 e. The second-order valence-corrected chi connectivity index (χ2v) is 6.95. The Kier molecular flexibility index (Phi) is 5.14. The molecular weight excluding hydrogens is 383 g/mol. The van der Waals surface area contributed by atoms with E-state index in [-0.39, 0.29) is 11.4 Å². The number of hydrogen-bond acceptors (Lipinski definition) is 5. The zero-order valence-corrected chi connectivity index (χ0v) is 16.8. The molecule has 0 saturated heterocycles. The van der Waals surface area contributed by atoms with Gasteiger partial charge in [0.1, 0.15) is 5.82 Å². The van der Waals surface area contributed by atoms with E-state index in [0.717, 1.165) is 11.1 Å². The second kappa shape index (κ2) is 7.91. The van der Waals surface area contributed by atoms with E-state index in [2.05, 4.69) is 40.9 Å². The van der Waals surface area contributed by atoms with Crippen LogP contribution in [0.25, 0.3) is 34.0 Å². The highest BCUT2D eigenvalue weighted by molar-refractivity contribution is 5.90. The van der Waals surface area contributed by atoms with Crippen LogP contribution in [-0.4, -0.2) is 23.2 Å². The predicted octanol–water partition coefficient (Wildman–Crippen LogP) is 5.61. The molecule has 0 spiro atoms. The first-order valence-corrected chi connectivity index (χ1v) is 9.37. The van der Waals surface area contributed by atoms with Gasteiger partial charge in [0.25, 0.3) is 5.89 Å². The van der Waals surface area contributed by atoms with Crippen molar-refractivity contribution in [3.63, 3.8) is 0 Å². The highest BCUT2D eigenvalue weighted by Gasteiger charge is 2.16. The minimum Gasteiger partial charge on any atom is -0.465 e. The van der Waals surface area contributed by atoms with Crippen LogP contribution < -0.4 is 0 Å². The number of aryl methyl sites for hydroxylation is 2. The molecule has 0 N–H and O–H groups in total. The quantitative estimate of drug-likeness (QED) is 0.415. The Hall–Kier alpha value is -3.80. The molecule has 3 aromatic carbocycles. The van der Waals surface area contributed by atoms with E-state index in [1.165, 1.54) is 35.9 Å². The Morgan fingerprint density at radius 2 is 1.57 bits per heavy atom. The van der Waals surface area contributed by atoms with Crippen molar-refractivity contribution in [1.82, 2.24) is 10.1 Å². The van der Waals surface area contributed by atoms with Crippen molar-refractivity contribution in [1.29, 1.82) is 0 Å². The van der Waals surface area contributed by atoms with Crippen LogP contribution in [0.4, 0.5) is 4.39 Å². The SMILES string of the molecule is COC(=O)c1ccc(-c2noc(-c3ccc(-c4c(C)cccc4C)cc3)n2)cc1F. The number of nitrogens with zero attached hydrogens (tertiary/aromatic N) is 2. The average molecular weight is 402 g/mol. The van der Waals surface area contributed by atoms with Crippen LogP contribution in [0.15, 0.2) is 65.2 Å². The maximum atomic E-state index is 14.2. The van der Waals surface area contributed by atoms with Crippen LogP contribution in [-0.2, 0) is 4.74 Å². The van der Waals surface area contributed by atoms with E-state index in [4.69, 9.17) is 4.52 Å². The number of halogens is 1. The lowest BCUT2D eigenvalue weighted by Gasteiger charge is -2.10. The smallest absolute Gasteiger partial charge is 0.340 e. The zero-order valence-electron chi connectivity index (χ0n) is 16.8. The number of carbonyl (C=O) groups is 1. The third-order valence-corrected chi connectivity index (χ3v) is 4.96. The molecular formula is C24H19FN2O3. The average Bonchev–Trinajstić information content (AvgIpc) is 3.24. The number of carbonyl (C=O) groups excluding carboxylic acids is 1. The molecule has 0 amide bonds. The van der Waals surface area contributed by atoms with Crippen molar-refractivity contribution in [2.45, 2.75) is 13.8 Å². The van der Waals surface area contributed by atoms with Gasteiger partial charge in [-0.1, -0.05) is 35.5 Å². The number of hydrogen-bond donors (Lipinski definition) is 0. The minimum atomic E-state index is -0.739. The van der Waals surface area contributed by atoms with Crippen LogP contribution in [0, 0.1) is 19.7 Å². The first kappa shape index (κ1) is 19.5. The normalized spacial score (nSPS) is 10.8. The van der Waals surface area contributed by atoms with E-state index in [1.54, 1.807) is 6.07 Å². The van der Waals surface area contributed by atoms with Gasteiger partial charge in [-0.25, -0.2) is 9.18 Å². The fraction of sp³-hybridized carbons (Fsp3) is 0.125. The highest BCUT2D eigenvalue weighted by atomic mass is 19.1. The van der Waals surface area contributed by atoms with Gasteiger partial charge in [-0.15, -0.1) is 0 Å². The Morgan fingerprint density at radius 3 is 2.20 bits per heavy atom. The summed E-state index contributed by atoms with van der Waals surface area (Å²) in [5.41, 5.74) is 5.75. The molecule has 0 bridgehead atoms. The summed E-state index contributed by atoms with van der Waals surface area (Å²) < 4.78 is 24.1. The summed E-state index contributed by atoms with van der Waals surface area (Å²) in [6.45, 7) is 4.18. The molecule has 0 aliphatic carbocycles. The van der Waals surface area contributed by atoms with Crippen molar-refractivity contribution in [2.24, 2.45) is 0 Å². The van der Waals surface area contributed by atoms with Crippen LogP contribution in [0.3, 0.4) is 0 Å². The van der Waals surface area contributed by atoms with E-state index in [1.807, 2.05) is 30.3 Å². The first-order valence-electron chi connectivity index (χ1n) is 9.37. The number of methoxy groups -OCH3 is 1. The van der Waals surface area contributed by atoms with Gasteiger partial charge in [-0.05, 0) is 66.4 Å². The van der Waals surface area contributed by atoms with Gasteiger partial charge in [0, 0.05) is 11.1 Å². The summed E-state index contributed by atoms with van der Waals surface area (Å²) in [5.74, 6) is -0.880. The Bertz CT molecular complexity index is 1210. The van der Waals surface area contributed by atoms with Crippen molar-refractivity contribution < 1.29 is 18.4 Å². The topological polar surface area (TPSA) is 65.2 Å². The van der Waals surface area contributed by atoms with Gasteiger partial charge in [0.05, 0.1) is 12.7 Å². The molecule has 0 atom stereocenters. The monoisotopic (exact) mass is 402 g/mol. The standard InChI is InChI=1S/C24H19FN2O3/c1-14-5-4-6-15(2)21(14)16-7-9-17(10-8-16)23-26-22(27-30-23)18-11-12-19(20(25)13-18)24(28)29-3/h4-13H,1-3H3. The molecule has 6 heteroatoms. The molecule has 0 unspecified atom stereocenters. The van der Waals surface area contributed by atoms with Crippen molar-refractivity contribution in [3.8, 4) is 34.0 Å². The van der Waals surface area contributed by atoms with Gasteiger partial charge >= 0.3 is 5.97 Å². The summed E-state index contributed by atoms with van der Waals surface area (Å²) in [6, 6.07) is 18.2. The molecule has 1 aromatic heterocycles. The van der Waals surface area contributed by atoms with Crippen molar-refractivity contribution >= 4 is 5.97 Å². The molecule has 0 aliphatic heterocycles. The molecule has 5 nitrogen and oxygen atoms in total. The number of aromatic nitrogens is 2. The maximum absolute atomic E-state index is 14.2. The fourth-order valence-electron chi connectivity index (χ4n) is 3.44. The predicted molar refractivity (Wildman–Crippen MR) is 111 cm³/mol. The van der Waals surface area contributed by atoms with Gasteiger partial charge < -0.3 is 9.26 Å². The Morgan fingerprint density at radius 1 is 0.933 bits per heavy atom. The molecule has 0 aliphatic rings. The molecule has 150 valence electrons. The molecule has 30 heavy (non-hydrogen) atoms. The first-order chi connectivity index (χ1) is 14.5. The lowest BCUT2D eigenvalue weighted by Crippen LogP contribution is -2.04. The third-order valence-electron chi connectivity index (χ3n) is 4.96. The molecule has 4 aromatic rings. The van der Waals surface area contributed by atoms with Crippen LogP contribution in [0.1, 0.15) is 21.5 Å². The van der Waals surface area contributed by atoms with Crippen molar-refractivity contribution in [3.05, 3.63) is 83.2 Å². The second-order valence-electron chi connectivity index (χ2n) is 6.95. The summed E-state index contributed by atoms with van der Waals surface area (Å²) in [6.07, 6.45) is 0. The molecule has 1 heterocycles. The van der Waals surface area contributed by atoms with Crippen molar-refractivity contribution in [2.75, 3.05) is 7.11 Å². The molecule has 0 fully saturated rings. The summed E-state index contributed by atoms with van der Waals surface area (Å²) in [7, 11) is 1.20. The summed E-state index contributed by atoms with van der Waals surface area (Å²) in [4.78, 5) is 15.9. The lowest BCUT2D eigenvalue weighted by atomic mass is 9.95. The third kappa shape index (κ3) is 3.59. The number of rotatable bonds is 4. The van der Waals surface area contributed by atoms with Crippen LogP contribution in [0.2, 0.25) is 0 Å². The molecule has 0 radical (unpaired) electrons. The van der Waals surface area contributed by atoms with Gasteiger partial charge in [-0.2, -0.15) is 4.98 Å². The molecule has 4 rings (SSSR count). The van der Waals surface area contributed by atoms with Gasteiger partial charge in [0.15, 0.2) is 0 Å². The van der Waals surface area contributed by atoms with E-state index >= 15 is 0 Å². The maximum Gasteiger partial charge on any atom is 0.340 e. The Labute approximate surface area is 173 Å². The van der Waals surface area contributed by atoms with Crippen LogP contribution in [0.5, 0.6) is 0 Å². The highest BCUT2D eigenvalue weighted by Crippen LogP contribution is 2.30. The molecule has 0 saturated carbocycles. The zero-order chi connectivity index (χ0) is 21.3. The lowest BCUT2D eigenvalue weighted by molar-refractivity contribution is 0.0595. The summed E-state index contributed by atoms with van der Waals surface area (Å²) in [5, 5.41) is 3.94. The fourth-order valence-corrected chi connectivity index (χ4v) is 3.44. The van der Waals surface area contributed by atoms with E-state index in [9.17, 15) is 9.18 Å². The van der Waals surface area contributed by atoms with E-state index < -0.39 is 11.8 Å². The minimum absolute atomic E-state index is 0.146. The Balaban J connectivity index is 1.62. The van der Waals surface area contributed by atoms with Crippen LogP contribution >= 0.6 is 0 Å². The van der Waals surface area contributed by atoms with E-state index in [0.29, 0.717) is 11.5 Å². The van der Waals surface area contributed by atoms with Gasteiger partial charge in [0.2, 0.25) is 5.82 Å². The number of ether oxygens (including phenoxy) is 1. The van der Waals surface area contributed by atoms with Gasteiger partial charge in [-0.3, -0.25) is 0 Å². The number of benzene rings is 3. The summed E-state index contributed by atoms with van der Waals surface area (Å²) >= 11 is 0.